The molecule has 0 aliphatic heterocycles. The fraction of sp³-hybridized carbons (Fsp3) is 0.214. The summed E-state index contributed by atoms with van der Waals surface area (Å²) < 4.78 is 0. The van der Waals surface area contributed by atoms with E-state index in [0.717, 1.165) is 10.4 Å². The zero-order chi connectivity index (χ0) is 15.4. The van der Waals surface area contributed by atoms with Crippen molar-refractivity contribution in [1.82, 2.24) is 5.32 Å². The smallest absolute Gasteiger partial charge is 0.345 e. The largest absolute Gasteiger partial charge is 0.477 e. The molecule has 0 aliphatic rings. The monoisotopic (exact) mass is 306 g/mol. The molecule has 110 valence electrons. The predicted molar refractivity (Wildman–Crippen MR) is 79.7 cm³/mol. The maximum Gasteiger partial charge on any atom is 0.345 e. The lowest BCUT2D eigenvalue weighted by molar-refractivity contribution is -0.385. The van der Waals surface area contributed by atoms with Gasteiger partial charge in [0.05, 0.1) is 4.92 Å². The molecule has 1 aromatic carbocycles. The Morgan fingerprint density at radius 2 is 2.00 bits per heavy atom. The van der Waals surface area contributed by atoms with Crippen LogP contribution in [0.2, 0.25) is 0 Å². The summed E-state index contributed by atoms with van der Waals surface area (Å²) >= 11 is 1.23. The Hall–Kier alpha value is -2.25. The second kappa shape index (κ2) is 6.47. The van der Waals surface area contributed by atoms with Crippen molar-refractivity contribution in [2.24, 2.45) is 0 Å². The van der Waals surface area contributed by atoms with E-state index in [2.05, 4.69) is 5.32 Å². The number of thiophene rings is 1. The lowest BCUT2D eigenvalue weighted by Crippen LogP contribution is -2.14. The molecule has 0 saturated heterocycles. The number of aromatic carboxylic acids is 1. The summed E-state index contributed by atoms with van der Waals surface area (Å²) in [7, 11) is 0. The number of nitro groups is 1. The third-order valence-corrected chi connectivity index (χ3v) is 4.13. The van der Waals surface area contributed by atoms with Crippen LogP contribution < -0.4 is 5.32 Å². The number of para-hydroxylation sites is 1. The Balaban J connectivity index is 2.02. The number of hydrogen-bond acceptors (Lipinski definition) is 5. The number of carboxylic acids is 1. The van der Waals surface area contributed by atoms with Crippen LogP contribution in [0.5, 0.6) is 0 Å². The van der Waals surface area contributed by atoms with E-state index in [0.29, 0.717) is 23.5 Å². The zero-order valence-corrected chi connectivity index (χ0v) is 12.1. The minimum atomic E-state index is -0.937. The van der Waals surface area contributed by atoms with E-state index in [1.807, 2.05) is 6.92 Å². The predicted octanol–water partition coefficient (Wildman–Crippen LogP) is 2.95. The van der Waals surface area contributed by atoms with Crippen molar-refractivity contribution in [3.05, 3.63) is 61.3 Å². The minimum Gasteiger partial charge on any atom is -0.477 e. The molecule has 0 aliphatic carbocycles. The Labute approximate surface area is 125 Å². The van der Waals surface area contributed by atoms with Crippen LogP contribution in [-0.2, 0) is 13.1 Å². The summed E-state index contributed by atoms with van der Waals surface area (Å²) in [6, 6.07) is 8.19. The van der Waals surface area contributed by atoms with Crippen LogP contribution in [0.4, 0.5) is 5.69 Å². The number of aryl methyl sites for hydroxylation is 1. The SMILES string of the molecule is Cc1sc(C(=O)O)cc1CNCc1ccccc1[N+](=O)[O-]. The summed E-state index contributed by atoms with van der Waals surface area (Å²) in [6.45, 7) is 2.69. The molecule has 0 unspecified atom stereocenters. The Bertz CT molecular complexity index is 681. The summed E-state index contributed by atoms with van der Waals surface area (Å²) in [6.07, 6.45) is 0. The Morgan fingerprint density at radius 3 is 2.62 bits per heavy atom. The van der Waals surface area contributed by atoms with Gasteiger partial charge in [0.1, 0.15) is 4.88 Å². The quantitative estimate of drug-likeness (QED) is 0.632. The van der Waals surface area contributed by atoms with Gasteiger partial charge in [-0.1, -0.05) is 18.2 Å². The lowest BCUT2D eigenvalue weighted by atomic mass is 10.1. The fourth-order valence-electron chi connectivity index (χ4n) is 1.97. The van der Waals surface area contributed by atoms with E-state index >= 15 is 0 Å². The first kappa shape index (κ1) is 15.1. The van der Waals surface area contributed by atoms with Gasteiger partial charge in [-0.05, 0) is 18.6 Å². The number of nitrogens with one attached hydrogen (secondary N) is 1. The highest BCUT2D eigenvalue weighted by molar-refractivity contribution is 7.14. The van der Waals surface area contributed by atoms with Crippen LogP contribution in [0.25, 0.3) is 0 Å². The summed E-state index contributed by atoms with van der Waals surface area (Å²) in [5, 5.41) is 23.0. The van der Waals surface area contributed by atoms with Crippen molar-refractivity contribution in [3.8, 4) is 0 Å². The molecular formula is C14H14N2O4S. The van der Waals surface area contributed by atoms with E-state index in [9.17, 15) is 14.9 Å². The van der Waals surface area contributed by atoms with E-state index in [1.165, 1.54) is 17.4 Å². The summed E-state index contributed by atoms with van der Waals surface area (Å²) in [5.41, 5.74) is 1.59. The first-order valence-electron chi connectivity index (χ1n) is 6.24. The number of carbonyl (C=O) groups is 1. The van der Waals surface area contributed by atoms with Crippen LogP contribution in [0.15, 0.2) is 30.3 Å². The van der Waals surface area contributed by atoms with E-state index < -0.39 is 10.9 Å². The zero-order valence-electron chi connectivity index (χ0n) is 11.3. The third-order valence-electron chi connectivity index (χ3n) is 3.05. The van der Waals surface area contributed by atoms with E-state index in [-0.39, 0.29) is 5.69 Å². The Kier molecular flexibility index (Phi) is 4.66. The number of hydrogen-bond donors (Lipinski definition) is 2. The third kappa shape index (κ3) is 3.65. The van der Waals surface area contributed by atoms with Gasteiger partial charge in [-0.3, -0.25) is 10.1 Å². The molecule has 0 spiro atoms. The Morgan fingerprint density at radius 1 is 1.33 bits per heavy atom. The van der Waals surface area contributed by atoms with Crippen LogP contribution in [0.3, 0.4) is 0 Å². The van der Waals surface area contributed by atoms with Crippen LogP contribution in [0, 0.1) is 17.0 Å². The molecule has 1 aromatic heterocycles. The van der Waals surface area contributed by atoms with Gasteiger partial charge in [-0.2, -0.15) is 0 Å². The number of nitrogens with zero attached hydrogens (tertiary/aromatic N) is 1. The van der Waals surface area contributed by atoms with Gasteiger partial charge >= 0.3 is 5.97 Å². The summed E-state index contributed by atoms with van der Waals surface area (Å²) in [5.74, 6) is -0.937. The van der Waals surface area contributed by atoms with Crippen LogP contribution >= 0.6 is 11.3 Å². The van der Waals surface area contributed by atoms with Gasteiger partial charge in [0, 0.05) is 29.6 Å². The van der Waals surface area contributed by atoms with Gasteiger partial charge < -0.3 is 10.4 Å². The van der Waals surface area contributed by atoms with Gasteiger partial charge in [0.15, 0.2) is 0 Å². The van der Waals surface area contributed by atoms with E-state index in [4.69, 9.17) is 5.11 Å². The molecule has 0 amide bonds. The molecule has 0 fully saturated rings. The number of benzene rings is 1. The van der Waals surface area contributed by atoms with Crippen molar-refractivity contribution in [2.75, 3.05) is 0 Å². The standard InChI is InChI=1S/C14H14N2O4S/c1-9-11(6-13(21-9)14(17)18)8-15-7-10-4-2-3-5-12(10)16(19)20/h2-6,15H,7-8H2,1H3,(H,17,18). The first-order chi connectivity index (χ1) is 9.99. The molecule has 2 N–H and O–H groups in total. The average molecular weight is 306 g/mol. The molecule has 0 bridgehead atoms. The average Bonchev–Trinajstić information content (AvgIpc) is 2.81. The van der Waals surface area contributed by atoms with Crippen molar-refractivity contribution in [2.45, 2.75) is 20.0 Å². The number of rotatable bonds is 6. The van der Waals surface area contributed by atoms with Crippen LogP contribution in [-0.4, -0.2) is 16.0 Å². The van der Waals surface area contributed by atoms with Crippen LogP contribution in [0.1, 0.15) is 25.7 Å². The second-order valence-corrected chi connectivity index (χ2v) is 5.74. The molecule has 0 radical (unpaired) electrons. The lowest BCUT2D eigenvalue weighted by Gasteiger charge is -2.05. The van der Waals surface area contributed by atoms with E-state index in [1.54, 1.807) is 24.3 Å². The number of carboxylic acid groups (broad SMARTS) is 1. The highest BCUT2D eigenvalue weighted by atomic mass is 32.1. The molecular weight excluding hydrogens is 292 g/mol. The summed E-state index contributed by atoms with van der Waals surface area (Å²) in [4.78, 5) is 22.6. The number of nitro benzene ring substituents is 1. The van der Waals surface area contributed by atoms with Gasteiger partial charge in [0.25, 0.3) is 5.69 Å². The maximum atomic E-state index is 10.9. The fourth-order valence-corrected chi connectivity index (χ4v) is 2.85. The molecule has 7 heteroatoms. The van der Waals surface area contributed by atoms with Crippen molar-refractivity contribution < 1.29 is 14.8 Å². The minimum absolute atomic E-state index is 0.0817. The maximum absolute atomic E-state index is 10.9. The van der Waals surface area contributed by atoms with Crippen molar-refractivity contribution in [1.29, 1.82) is 0 Å². The first-order valence-corrected chi connectivity index (χ1v) is 7.06. The molecule has 6 nitrogen and oxygen atoms in total. The van der Waals surface area contributed by atoms with Gasteiger partial charge in [-0.15, -0.1) is 11.3 Å². The van der Waals surface area contributed by atoms with Gasteiger partial charge in [0.2, 0.25) is 0 Å². The molecule has 21 heavy (non-hydrogen) atoms. The molecule has 0 atom stereocenters. The molecule has 0 saturated carbocycles. The van der Waals surface area contributed by atoms with Gasteiger partial charge in [-0.25, -0.2) is 4.79 Å². The molecule has 2 rings (SSSR count). The second-order valence-electron chi connectivity index (χ2n) is 4.49. The molecule has 2 aromatic rings. The van der Waals surface area contributed by atoms with Crippen molar-refractivity contribution >= 4 is 23.0 Å². The molecule has 1 heterocycles. The highest BCUT2D eigenvalue weighted by Crippen LogP contribution is 2.22. The highest BCUT2D eigenvalue weighted by Gasteiger charge is 2.13. The van der Waals surface area contributed by atoms with Crippen molar-refractivity contribution in [3.63, 3.8) is 0 Å². The normalized spacial score (nSPS) is 10.5. The topological polar surface area (TPSA) is 92.5 Å².